The van der Waals surface area contributed by atoms with Crippen molar-refractivity contribution in [3.05, 3.63) is 94.9 Å². The maximum atomic E-state index is 13.7. The average molecular weight is 519 g/mol. The van der Waals surface area contributed by atoms with Gasteiger partial charge in [-0.25, -0.2) is 0 Å². The number of nitrogens with one attached hydrogen (secondary N) is 3. The fraction of sp³-hybridized carbons (Fsp3) is 0.161. The molecule has 1 aliphatic heterocycles. The lowest BCUT2D eigenvalue weighted by molar-refractivity contribution is 0.0977. The molecule has 7 rings (SSSR count). The van der Waals surface area contributed by atoms with Crippen molar-refractivity contribution in [3.63, 3.8) is 0 Å². The Morgan fingerprint density at radius 3 is 2.56 bits per heavy atom. The first-order chi connectivity index (χ1) is 18.9. The van der Waals surface area contributed by atoms with Gasteiger partial charge in [0.15, 0.2) is 5.78 Å². The number of hydrogen-bond acceptors (Lipinski definition) is 4. The van der Waals surface area contributed by atoms with E-state index in [0.717, 1.165) is 43.9 Å². The van der Waals surface area contributed by atoms with E-state index >= 15 is 0 Å². The van der Waals surface area contributed by atoms with Crippen molar-refractivity contribution in [2.45, 2.75) is 19.3 Å². The number of H-pyrrole nitrogens is 3. The van der Waals surface area contributed by atoms with Crippen molar-refractivity contribution in [2.24, 2.45) is 0 Å². The van der Waals surface area contributed by atoms with Crippen LogP contribution < -0.4 is 4.90 Å². The summed E-state index contributed by atoms with van der Waals surface area (Å²) in [7, 11) is 0. The number of benzene rings is 3. The number of aromatic nitrogens is 3. The third-order valence-corrected chi connectivity index (χ3v) is 7.83. The fourth-order valence-electron chi connectivity index (χ4n) is 5.92. The van der Waals surface area contributed by atoms with E-state index in [1.807, 2.05) is 61.7 Å². The highest BCUT2D eigenvalue weighted by atomic mass is 16.3. The Morgan fingerprint density at radius 1 is 0.974 bits per heavy atom. The Labute approximate surface area is 222 Å². The molecular formula is C31H26N4O4. The standard InChI is InChI=1S/C31H26N4O4/c1-16-13-32-30-27(38)12-25-29(28(16)30)20(15-36)14-35(25)31(39)24-11-19-8-17(6-7-22(19)34-24)9-26(37)23-10-18-4-2-3-5-21(18)33-23/h2-8,10-13,20,32-34,36,38H,9,14-15H2,1H3. The lowest BCUT2D eigenvalue weighted by atomic mass is 9.96. The summed E-state index contributed by atoms with van der Waals surface area (Å²) in [5.74, 6) is -0.444. The van der Waals surface area contributed by atoms with Gasteiger partial charge in [0, 0.05) is 58.3 Å². The first kappa shape index (κ1) is 23.3. The molecule has 0 bridgehead atoms. The number of aromatic hydroxyl groups is 1. The van der Waals surface area contributed by atoms with E-state index in [1.165, 1.54) is 0 Å². The number of aromatic amines is 3. The van der Waals surface area contributed by atoms with Crippen LogP contribution >= 0.6 is 0 Å². The van der Waals surface area contributed by atoms with Gasteiger partial charge >= 0.3 is 0 Å². The molecule has 1 amide bonds. The number of fused-ring (bicyclic) bond motifs is 5. The van der Waals surface area contributed by atoms with Gasteiger partial charge in [0.2, 0.25) is 0 Å². The Morgan fingerprint density at radius 2 is 1.74 bits per heavy atom. The molecule has 0 fully saturated rings. The molecule has 1 atom stereocenters. The number of carbonyl (C=O) groups excluding carboxylic acids is 2. The maximum Gasteiger partial charge on any atom is 0.274 e. The second kappa shape index (κ2) is 8.61. The molecule has 0 saturated carbocycles. The van der Waals surface area contributed by atoms with Crippen LogP contribution in [0.2, 0.25) is 0 Å². The van der Waals surface area contributed by atoms with Gasteiger partial charge in [-0.1, -0.05) is 24.3 Å². The van der Waals surface area contributed by atoms with Crippen LogP contribution in [0.3, 0.4) is 0 Å². The Kier molecular flexibility index (Phi) is 5.14. The van der Waals surface area contributed by atoms with Crippen molar-refractivity contribution in [2.75, 3.05) is 18.1 Å². The number of carbonyl (C=O) groups is 2. The quantitative estimate of drug-likeness (QED) is 0.198. The number of Topliss-reactive ketones (excluding diaryl/α,β-unsaturated/α-hetero) is 1. The first-order valence-electron chi connectivity index (χ1n) is 12.9. The average Bonchev–Trinajstić information content (AvgIpc) is 3.71. The van der Waals surface area contributed by atoms with Crippen molar-refractivity contribution in [1.29, 1.82) is 0 Å². The van der Waals surface area contributed by atoms with Gasteiger partial charge in [-0.15, -0.1) is 0 Å². The summed E-state index contributed by atoms with van der Waals surface area (Å²) in [4.78, 5) is 37.8. The van der Waals surface area contributed by atoms with Crippen LogP contribution in [-0.2, 0) is 6.42 Å². The van der Waals surface area contributed by atoms with Crippen LogP contribution in [-0.4, -0.2) is 50.0 Å². The molecule has 4 heterocycles. The van der Waals surface area contributed by atoms with Gasteiger partial charge in [-0.3, -0.25) is 9.59 Å². The van der Waals surface area contributed by atoms with Gasteiger partial charge in [0.25, 0.3) is 5.91 Å². The molecule has 3 aromatic carbocycles. The van der Waals surface area contributed by atoms with E-state index in [9.17, 15) is 19.8 Å². The van der Waals surface area contributed by atoms with Crippen molar-refractivity contribution in [1.82, 2.24) is 15.0 Å². The predicted octanol–water partition coefficient (Wildman–Crippen LogP) is 5.31. The monoisotopic (exact) mass is 518 g/mol. The minimum absolute atomic E-state index is 0.00715. The lowest BCUT2D eigenvalue weighted by Gasteiger charge is -2.17. The van der Waals surface area contributed by atoms with Gasteiger partial charge < -0.3 is 30.1 Å². The highest BCUT2D eigenvalue weighted by Crippen LogP contribution is 2.46. The largest absolute Gasteiger partial charge is 0.506 e. The van der Waals surface area contributed by atoms with E-state index in [-0.39, 0.29) is 36.4 Å². The molecule has 5 N–H and O–H groups in total. The SMILES string of the molecule is Cc1c[nH]c2c(O)cc3c(c12)C(CO)CN3C(=O)c1cc2cc(CC(=O)c3cc4ccccc4[nH]3)ccc2[nH]1. The van der Waals surface area contributed by atoms with Crippen LogP contribution in [0.4, 0.5) is 5.69 Å². The summed E-state index contributed by atoms with van der Waals surface area (Å²) >= 11 is 0. The van der Waals surface area contributed by atoms with E-state index < -0.39 is 0 Å². The highest BCUT2D eigenvalue weighted by Gasteiger charge is 2.36. The molecule has 8 nitrogen and oxygen atoms in total. The number of para-hydroxylation sites is 1. The number of aliphatic hydroxyl groups is 1. The summed E-state index contributed by atoms with van der Waals surface area (Å²) in [6.07, 6.45) is 2.06. The lowest BCUT2D eigenvalue weighted by Crippen LogP contribution is -2.30. The number of anilines is 1. The van der Waals surface area contributed by atoms with Crippen molar-refractivity contribution >= 4 is 50.1 Å². The number of aliphatic hydroxyl groups excluding tert-OH is 1. The Balaban J connectivity index is 1.19. The fourth-order valence-corrected chi connectivity index (χ4v) is 5.92. The molecule has 3 aromatic heterocycles. The number of phenolic OH excluding ortho intramolecular Hbond substituents is 1. The van der Waals surface area contributed by atoms with E-state index in [0.29, 0.717) is 29.1 Å². The Bertz CT molecular complexity index is 1910. The summed E-state index contributed by atoms with van der Waals surface area (Å²) < 4.78 is 0. The van der Waals surface area contributed by atoms with E-state index in [2.05, 4.69) is 15.0 Å². The highest BCUT2D eigenvalue weighted by molar-refractivity contribution is 6.11. The summed E-state index contributed by atoms with van der Waals surface area (Å²) in [6.45, 7) is 2.14. The van der Waals surface area contributed by atoms with Gasteiger partial charge in [0.05, 0.1) is 23.5 Å². The molecular weight excluding hydrogens is 492 g/mol. The van der Waals surface area contributed by atoms with Crippen LogP contribution in [0.15, 0.2) is 66.9 Å². The topological polar surface area (TPSA) is 125 Å². The molecule has 194 valence electrons. The second-order valence-corrected chi connectivity index (χ2v) is 10.3. The molecule has 39 heavy (non-hydrogen) atoms. The molecule has 0 aliphatic carbocycles. The molecule has 8 heteroatoms. The van der Waals surface area contributed by atoms with Crippen molar-refractivity contribution < 1.29 is 19.8 Å². The molecule has 1 aliphatic rings. The van der Waals surface area contributed by atoms with Crippen LogP contribution in [0, 0.1) is 6.92 Å². The smallest absolute Gasteiger partial charge is 0.274 e. The van der Waals surface area contributed by atoms with E-state index in [1.54, 1.807) is 17.0 Å². The van der Waals surface area contributed by atoms with Crippen molar-refractivity contribution in [3.8, 4) is 5.75 Å². The molecule has 6 aromatic rings. The summed E-state index contributed by atoms with van der Waals surface area (Å²) in [6, 6.07) is 18.8. The van der Waals surface area contributed by atoms with Crippen LogP contribution in [0.5, 0.6) is 5.75 Å². The minimum Gasteiger partial charge on any atom is -0.506 e. The Hall–Kier alpha value is -4.82. The third kappa shape index (κ3) is 3.64. The van der Waals surface area contributed by atoms with Gasteiger partial charge in [-0.05, 0) is 53.9 Å². The zero-order valence-electron chi connectivity index (χ0n) is 21.2. The summed E-state index contributed by atoms with van der Waals surface area (Å²) in [5.41, 5.74) is 6.58. The normalized spacial score (nSPS) is 15.0. The van der Waals surface area contributed by atoms with Gasteiger partial charge in [0.1, 0.15) is 11.4 Å². The number of ketones is 1. The number of nitrogens with zero attached hydrogens (tertiary/aromatic N) is 1. The van der Waals surface area contributed by atoms with Crippen LogP contribution in [0.1, 0.15) is 43.6 Å². The molecule has 0 radical (unpaired) electrons. The third-order valence-electron chi connectivity index (χ3n) is 7.83. The van der Waals surface area contributed by atoms with Crippen LogP contribution in [0.25, 0.3) is 32.7 Å². The predicted molar refractivity (Wildman–Crippen MR) is 151 cm³/mol. The minimum atomic E-state index is -0.256. The molecule has 0 saturated heterocycles. The number of rotatable bonds is 5. The zero-order valence-corrected chi connectivity index (χ0v) is 21.2. The summed E-state index contributed by atoms with van der Waals surface area (Å²) in [5, 5.41) is 23.5. The van der Waals surface area contributed by atoms with E-state index in [4.69, 9.17) is 0 Å². The first-order valence-corrected chi connectivity index (χ1v) is 12.9. The number of amides is 1. The maximum absolute atomic E-state index is 13.7. The number of hydrogen-bond donors (Lipinski definition) is 5. The zero-order chi connectivity index (χ0) is 26.8. The van der Waals surface area contributed by atoms with Gasteiger partial charge in [-0.2, -0.15) is 0 Å². The number of aryl methyl sites for hydroxylation is 1. The molecule has 0 spiro atoms. The second-order valence-electron chi connectivity index (χ2n) is 10.3. The molecule has 1 unspecified atom stereocenters. The number of phenols is 1.